The molecule has 2 atom stereocenters. The Hall–Kier alpha value is -1.10. The zero-order chi connectivity index (χ0) is 15.8. The summed E-state index contributed by atoms with van der Waals surface area (Å²) in [6.45, 7) is 8.80. The second-order valence-corrected chi connectivity index (χ2v) is 6.75. The summed E-state index contributed by atoms with van der Waals surface area (Å²) < 4.78 is 6.12. The third-order valence-corrected chi connectivity index (χ3v) is 4.33. The van der Waals surface area contributed by atoms with Crippen molar-refractivity contribution in [1.29, 1.82) is 0 Å². The second-order valence-electron chi connectivity index (χ2n) is 6.75. The molecular formula is C17H27NO3. The third kappa shape index (κ3) is 3.07. The van der Waals surface area contributed by atoms with Crippen LogP contribution in [0.1, 0.15) is 50.8 Å². The molecule has 1 aromatic carbocycles. The van der Waals surface area contributed by atoms with Crippen molar-refractivity contribution < 1.29 is 14.9 Å². The van der Waals surface area contributed by atoms with Gasteiger partial charge in [0, 0.05) is 12.1 Å². The second kappa shape index (κ2) is 5.95. The minimum Gasteiger partial charge on any atom is -0.486 e. The van der Waals surface area contributed by atoms with Crippen molar-refractivity contribution in [2.45, 2.75) is 51.4 Å². The lowest BCUT2D eigenvalue weighted by Crippen LogP contribution is -2.57. The molecule has 0 saturated carbocycles. The summed E-state index contributed by atoms with van der Waals surface area (Å²) in [7, 11) is 1.91. The van der Waals surface area contributed by atoms with Gasteiger partial charge in [0.2, 0.25) is 0 Å². The van der Waals surface area contributed by atoms with Crippen molar-refractivity contribution >= 4 is 0 Å². The number of rotatable bonds is 4. The lowest BCUT2D eigenvalue weighted by Gasteiger charge is -2.47. The van der Waals surface area contributed by atoms with Gasteiger partial charge in [-0.25, -0.2) is 0 Å². The molecule has 0 radical (unpaired) electrons. The van der Waals surface area contributed by atoms with Crippen molar-refractivity contribution in [2.24, 2.45) is 0 Å². The SMILES string of the molecule is CC(C)c1ccc2c(c1)C(O)C(N(C)CCO)C(C)(C)O2. The predicted octanol–water partition coefficient (Wildman–Crippen LogP) is 2.31. The van der Waals surface area contributed by atoms with Gasteiger partial charge in [-0.1, -0.05) is 19.9 Å². The average molecular weight is 293 g/mol. The molecule has 0 fully saturated rings. The average Bonchev–Trinajstić information content (AvgIpc) is 2.37. The van der Waals surface area contributed by atoms with Gasteiger partial charge in [0.15, 0.2) is 0 Å². The van der Waals surface area contributed by atoms with E-state index >= 15 is 0 Å². The Morgan fingerprint density at radius 1 is 1.33 bits per heavy atom. The van der Waals surface area contributed by atoms with E-state index in [1.54, 1.807) is 0 Å². The first-order valence-electron chi connectivity index (χ1n) is 7.60. The molecule has 1 aromatic rings. The molecule has 21 heavy (non-hydrogen) atoms. The van der Waals surface area contributed by atoms with Crippen LogP contribution in [0.3, 0.4) is 0 Å². The predicted molar refractivity (Wildman–Crippen MR) is 83.7 cm³/mol. The fourth-order valence-electron chi connectivity index (χ4n) is 3.21. The van der Waals surface area contributed by atoms with Crippen LogP contribution in [0.5, 0.6) is 5.75 Å². The zero-order valence-electron chi connectivity index (χ0n) is 13.6. The van der Waals surface area contributed by atoms with Crippen LogP contribution < -0.4 is 4.74 Å². The molecule has 1 aliphatic rings. The standard InChI is InChI=1S/C17H27NO3/c1-11(2)12-6-7-14-13(10-12)15(20)16(17(3,4)21-14)18(5)8-9-19/h6-7,10-11,15-16,19-20H,8-9H2,1-5H3. The number of fused-ring (bicyclic) bond motifs is 1. The number of nitrogens with zero attached hydrogens (tertiary/aromatic N) is 1. The molecule has 4 nitrogen and oxygen atoms in total. The van der Waals surface area contributed by atoms with E-state index in [9.17, 15) is 10.2 Å². The van der Waals surface area contributed by atoms with Gasteiger partial charge in [-0.2, -0.15) is 0 Å². The van der Waals surface area contributed by atoms with Gasteiger partial charge in [0.1, 0.15) is 17.5 Å². The van der Waals surface area contributed by atoms with E-state index in [0.29, 0.717) is 12.5 Å². The molecule has 0 spiro atoms. The van der Waals surface area contributed by atoms with Gasteiger partial charge < -0.3 is 14.9 Å². The maximum atomic E-state index is 10.9. The fraction of sp³-hybridized carbons (Fsp3) is 0.647. The Bertz CT molecular complexity index is 499. The quantitative estimate of drug-likeness (QED) is 0.894. The molecule has 0 saturated heterocycles. The Balaban J connectivity index is 2.42. The highest BCUT2D eigenvalue weighted by Gasteiger charge is 2.45. The summed E-state index contributed by atoms with van der Waals surface area (Å²) in [6, 6.07) is 5.86. The maximum absolute atomic E-state index is 10.9. The van der Waals surface area contributed by atoms with Crippen LogP contribution in [0.15, 0.2) is 18.2 Å². The number of benzene rings is 1. The molecule has 1 aliphatic heterocycles. The van der Waals surface area contributed by atoms with Crippen LogP contribution in [0.25, 0.3) is 0 Å². The van der Waals surface area contributed by atoms with Crippen LogP contribution >= 0.6 is 0 Å². The molecule has 0 aliphatic carbocycles. The largest absolute Gasteiger partial charge is 0.486 e. The van der Waals surface area contributed by atoms with Gasteiger partial charge in [-0.15, -0.1) is 0 Å². The van der Waals surface area contributed by atoms with Gasteiger partial charge >= 0.3 is 0 Å². The highest BCUT2D eigenvalue weighted by Crippen LogP contribution is 2.42. The molecule has 2 rings (SSSR count). The summed E-state index contributed by atoms with van der Waals surface area (Å²) in [6.07, 6.45) is -0.626. The number of likely N-dealkylation sites (N-methyl/N-ethyl adjacent to an activating group) is 1. The Morgan fingerprint density at radius 3 is 2.57 bits per heavy atom. The van der Waals surface area contributed by atoms with Gasteiger partial charge in [-0.3, -0.25) is 4.90 Å². The molecule has 2 unspecified atom stereocenters. The number of ether oxygens (including phenoxy) is 1. The molecule has 0 amide bonds. The summed E-state index contributed by atoms with van der Waals surface area (Å²) in [5, 5.41) is 20.0. The first kappa shape index (κ1) is 16.3. The minimum absolute atomic E-state index is 0.0642. The van der Waals surface area contributed by atoms with Crippen LogP contribution in [0.2, 0.25) is 0 Å². The third-order valence-electron chi connectivity index (χ3n) is 4.33. The topological polar surface area (TPSA) is 52.9 Å². The molecule has 4 heteroatoms. The fourth-order valence-corrected chi connectivity index (χ4v) is 3.21. The molecule has 0 aromatic heterocycles. The van der Waals surface area contributed by atoms with E-state index in [0.717, 1.165) is 11.3 Å². The van der Waals surface area contributed by atoms with E-state index in [1.165, 1.54) is 5.56 Å². The Morgan fingerprint density at radius 2 is 2.00 bits per heavy atom. The zero-order valence-corrected chi connectivity index (χ0v) is 13.6. The first-order valence-corrected chi connectivity index (χ1v) is 7.60. The van der Waals surface area contributed by atoms with Crippen LogP contribution in [-0.4, -0.2) is 47.0 Å². The summed E-state index contributed by atoms with van der Waals surface area (Å²) in [5.74, 6) is 1.16. The monoisotopic (exact) mass is 293 g/mol. The van der Waals surface area contributed by atoms with Crippen molar-refractivity contribution in [1.82, 2.24) is 4.90 Å². The van der Waals surface area contributed by atoms with E-state index in [2.05, 4.69) is 19.9 Å². The molecule has 2 N–H and O–H groups in total. The summed E-state index contributed by atoms with van der Waals surface area (Å²) in [4.78, 5) is 1.97. The number of aliphatic hydroxyl groups excluding tert-OH is 2. The molecular weight excluding hydrogens is 266 g/mol. The lowest BCUT2D eigenvalue weighted by atomic mass is 9.84. The van der Waals surface area contributed by atoms with Crippen molar-refractivity contribution in [3.8, 4) is 5.75 Å². The summed E-state index contributed by atoms with van der Waals surface area (Å²) >= 11 is 0. The number of hydrogen-bond acceptors (Lipinski definition) is 4. The Kier molecular flexibility index (Phi) is 4.61. The van der Waals surface area contributed by atoms with Crippen molar-refractivity contribution in [3.05, 3.63) is 29.3 Å². The van der Waals surface area contributed by atoms with Crippen molar-refractivity contribution in [3.63, 3.8) is 0 Å². The molecule has 118 valence electrons. The highest BCUT2D eigenvalue weighted by atomic mass is 16.5. The minimum atomic E-state index is -0.626. The van der Waals surface area contributed by atoms with E-state index in [4.69, 9.17) is 4.74 Å². The van der Waals surface area contributed by atoms with Crippen LogP contribution in [0.4, 0.5) is 0 Å². The van der Waals surface area contributed by atoms with E-state index in [1.807, 2.05) is 37.9 Å². The van der Waals surface area contributed by atoms with Crippen molar-refractivity contribution in [2.75, 3.05) is 20.2 Å². The summed E-state index contributed by atoms with van der Waals surface area (Å²) in [5.41, 5.74) is 1.52. The normalized spacial score (nSPS) is 24.0. The van der Waals surface area contributed by atoms with Gasteiger partial charge in [-0.05, 0) is 44.5 Å². The van der Waals surface area contributed by atoms with E-state index < -0.39 is 11.7 Å². The first-order chi connectivity index (χ1) is 9.77. The van der Waals surface area contributed by atoms with E-state index in [-0.39, 0.29) is 12.6 Å². The molecule has 1 heterocycles. The van der Waals surface area contributed by atoms with Crippen LogP contribution in [0, 0.1) is 0 Å². The lowest BCUT2D eigenvalue weighted by molar-refractivity contribution is -0.0773. The van der Waals surface area contributed by atoms with Crippen LogP contribution in [-0.2, 0) is 0 Å². The smallest absolute Gasteiger partial charge is 0.126 e. The highest BCUT2D eigenvalue weighted by molar-refractivity contribution is 5.43. The van der Waals surface area contributed by atoms with Gasteiger partial charge in [0.05, 0.1) is 12.6 Å². The van der Waals surface area contributed by atoms with Gasteiger partial charge in [0.25, 0.3) is 0 Å². The molecule has 0 bridgehead atoms. The Labute approximate surface area is 127 Å². The number of hydrogen-bond donors (Lipinski definition) is 2. The maximum Gasteiger partial charge on any atom is 0.126 e. The number of aliphatic hydroxyl groups is 2.